The molecule has 0 atom stereocenters. The van der Waals surface area contributed by atoms with E-state index in [4.69, 9.17) is 9.47 Å². The number of hydrogen-bond acceptors (Lipinski definition) is 2. The molecule has 2 nitrogen and oxygen atoms in total. The third kappa shape index (κ3) is 4.80. The number of benzene rings is 2. The zero-order valence-electron chi connectivity index (χ0n) is 18.5. The SMILES string of the molecule is CCOCc1c(C)c(C)cc(Cc2cc(C)c(C)c(COCC)c2C)c1C. The number of hydrogen-bond donors (Lipinski definition) is 0. The highest BCUT2D eigenvalue weighted by Crippen LogP contribution is 2.29. The van der Waals surface area contributed by atoms with E-state index in [9.17, 15) is 0 Å². The molecule has 2 aromatic rings. The highest BCUT2D eigenvalue weighted by molar-refractivity contribution is 5.50. The van der Waals surface area contributed by atoms with Crippen LogP contribution >= 0.6 is 0 Å². The van der Waals surface area contributed by atoms with E-state index in [0.717, 1.165) is 19.6 Å². The first kappa shape index (κ1) is 21.7. The lowest BCUT2D eigenvalue weighted by molar-refractivity contribution is 0.133. The van der Waals surface area contributed by atoms with Crippen LogP contribution in [-0.4, -0.2) is 13.2 Å². The van der Waals surface area contributed by atoms with Gasteiger partial charge in [-0.05, 0) is 117 Å². The van der Waals surface area contributed by atoms with Gasteiger partial charge in [0, 0.05) is 13.2 Å². The lowest BCUT2D eigenvalue weighted by atomic mass is 9.87. The molecule has 0 spiro atoms. The first-order chi connectivity index (χ1) is 12.8. The molecule has 2 aromatic carbocycles. The fourth-order valence-electron chi connectivity index (χ4n) is 3.80. The van der Waals surface area contributed by atoms with Crippen molar-refractivity contribution in [2.45, 2.75) is 75.0 Å². The summed E-state index contributed by atoms with van der Waals surface area (Å²) in [6, 6.07) is 4.72. The summed E-state index contributed by atoms with van der Waals surface area (Å²) in [7, 11) is 0. The highest BCUT2D eigenvalue weighted by Gasteiger charge is 2.15. The van der Waals surface area contributed by atoms with E-state index >= 15 is 0 Å². The molecule has 0 saturated carbocycles. The van der Waals surface area contributed by atoms with Crippen molar-refractivity contribution in [3.63, 3.8) is 0 Å². The van der Waals surface area contributed by atoms with Gasteiger partial charge in [-0.15, -0.1) is 0 Å². The summed E-state index contributed by atoms with van der Waals surface area (Å²) < 4.78 is 11.5. The third-order valence-corrected chi connectivity index (χ3v) is 6.02. The Morgan fingerprint density at radius 1 is 0.593 bits per heavy atom. The molecule has 0 aromatic heterocycles. The second kappa shape index (κ2) is 9.52. The van der Waals surface area contributed by atoms with E-state index in [1.165, 1.54) is 55.6 Å². The van der Waals surface area contributed by atoms with Gasteiger partial charge in [0.25, 0.3) is 0 Å². The molecule has 2 heteroatoms. The van der Waals surface area contributed by atoms with Crippen LogP contribution in [0.15, 0.2) is 12.1 Å². The van der Waals surface area contributed by atoms with Gasteiger partial charge in [-0.2, -0.15) is 0 Å². The van der Waals surface area contributed by atoms with Crippen LogP contribution in [0.3, 0.4) is 0 Å². The topological polar surface area (TPSA) is 18.5 Å². The van der Waals surface area contributed by atoms with Gasteiger partial charge in [0.05, 0.1) is 13.2 Å². The van der Waals surface area contributed by atoms with Crippen molar-refractivity contribution in [1.29, 1.82) is 0 Å². The summed E-state index contributed by atoms with van der Waals surface area (Å²) in [6.45, 7) is 20.3. The van der Waals surface area contributed by atoms with Crippen molar-refractivity contribution in [2.75, 3.05) is 13.2 Å². The molecule has 0 aliphatic rings. The maximum atomic E-state index is 5.75. The second-order valence-electron chi connectivity index (χ2n) is 7.61. The van der Waals surface area contributed by atoms with Crippen molar-refractivity contribution in [2.24, 2.45) is 0 Å². The zero-order valence-corrected chi connectivity index (χ0v) is 18.5. The normalized spacial score (nSPS) is 11.3. The van der Waals surface area contributed by atoms with E-state index in [0.29, 0.717) is 13.2 Å². The standard InChI is InChI=1S/C25H36O2/c1-9-26-14-24-18(5)16(3)11-22(20(24)7)13-23-12-17(4)19(6)25(21(23)8)15-27-10-2/h11-12H,9-10,13-15H2,1-8H3. The average molecular weight is 369 g/mol. The molecule has 0 bridgehead atoms. The van der Waals surface area contributed by atoms with E-state index < -0.39 is 0 Å². The summed E-state index contributed by atoms with van der Waals surface area (Å²) in [5, 5.41) is 0. The van der Waals surface area contributed by atoms with Crippen LogP contribution in [-0.2, 0) is 29.1 Å². The predicted molar refractivity (Wildman–Crippen MR) is 115 cm³/mol. The summed E-state index contributed by atoms with van der Waals surface area (Å²) >= 11 is 0. The van der Waals surface area contributed by atoms with Crippen LogP contribution in [0.4, 0.5) is 0 Å². The molecule has 0 amide bonds. The Morgan fingerprint density at radius 2 is 0.963 bits per heavy atom. The van der Waals surface area contributed by atoms with E-state index in [1.807, 2.05) is 0 Å². The van der Waals surface area contributed by atoms with Crippen molar-refractivity contribution in [3.05, 3.63) is 67.8 Å². The quantitative estimate of drug-likeness (QED) is 0.552. The largest absolute Gasteiger partial charge is 0.377 e. The van der Waals surface area contributed by atoms with Gasteiger partial charge >= 0.3 is 0 Å². The molecule has 2 rings (SSSR count). The predicted octanol–water partition coefficient (Wildman–Crippen LogP) is 6.20. The van der Waals surface area contributed by atoms with Gasteiger partial charge in [-0.3, -0.25) is 0 Å². The summed E-state index contributed by atoms with van der Waals surface area (Å²) in [5.74, 6) is 0. The van der Waals surface area contributed by atoms with Crippen LogP contribution in [0.25, 0.3) is 0 Å². The monoisotopic (exact) mass is 368 g/mol. The summed E-state index contributed by atoms with van der Waals surface area (Å²) in [4.78, 5) is 0. The summed E-state index contributed by atoms with van der Waals surface area (Å²) in [6.07, 6.45) is 0.957. The fraction of sp³-hybridized carbons (Fsp3) is 0.520. The Morgan fingerprint density at radius 3 is 1.30 bits per heavy atom. The van der Waals surface area contributed by atoms with Gasteiger partial charge < -0.3 is 9.47 Å². The number of rotatable bonds is 8. The van der Waals surface area contributed by atoms with E-state index in [1.54, 1.807) is 0 Å². The van der Waals surface area contributed by atoms with Crippen molar-refractivity contribution >= 4 is 0 Å². The van der Waals surface area contributed by atoms with Gasteiger partial charge in [-0.1, -0.05) is 12.1 Å². The maximum absolute atomic E-state index is 5.75. The molecule has 0 N–H and O–H groups in total. The number of ether oxygens (including phenoxy) is 2. The molecule has 0 aliphatic heterocycles. The van der Waals surface area contributed by atoms with Crippen LogP contribution in [0.2, 0.25) is 0 Å². The van der Waals surface area contributed by atoms with E-state index in [2.05, 4.69) is 67.5 Å². The van der Waals surface area contributed by atoms with Crippen molar-refractivity contribution in [3.8, 4) is 0 Å². The molecule has 0 aliphatic carbocycles. The first-order valence-electron chi connectivity index (χ1n) is 10.1. The van der Waals surface area contributed by atoms with Crippen molar-refractivity contribution in [1.82, 2.24) is 0 Å². The number of aryl methyl sites for hydroxylation is 2. The molecule has 0 heterocycles. The van der Waals surface area contributed by atoms with Crippen LogP contribution in [0.5, 0.6) is 0 Å². The highest BCUT2D eigenvalue weighted by atomic mass is 16.5. The molecule has 0 radical (unpaired) electrons. The molecule has 27 heavy (non-hydrogen) atoms. The fourth-order valence-corrected chi connectivity index (χ4v) is 3.80. The van der Waals surface area contributed by atoms with Crippen LogP contribution in [0, 0.1) is 41.5 Å². The van der Waals surface area contributed by atoms with Gasteiger partial charge in [-0.25, -0.2) is 0 Å². The molecular formula is C25H36O2. The Labute approximate surface area is 165 Å². The van der Waals surface area contributed by atoms with Gasteiger partial charge in [0.2, 0.25) is 0 Å². The average Bonchev–Trinajstić information content (AvgIpc) is 2.64. The van der Waals surface area contributed by atoms with Gasteiger partial charge in [0.1, 0.15) is 0 Å². The minimum atomic E-state index is 0.699. The lowest BCUT2D eigenvalue weighted by Crippen LogP contribution is -2.07. The molecule has 0 saturated heterocycles. The minimum Gasteiger partial charge on any atom is -0.377 e. The Hall–Kier alpha value is -1.64. The van der Waals surface area contributed by atoms with E-state index in [-0.39, 0.29) is 0 Å². The second-order valence-corrected chi connectivity index (χ2v) is 7.61. The Kier molecular flexibility index (Phi) is 7.64. The van der Waals surface area contributed by atoms with Crippen LogP contribution in [0.1, 0.15) is 69.5 Å². The maximum Gasteiger partial charge on any atom is 0.0722 e. The third-order valence-electron chi connectivity index (χ3n) is 6.02. The summed E-state index contributed by atoms with van der Waals surface area (Å²) in [5.41, 5.74) is 13.7. The van der Waals surface area contributed by atoms with Crippen molar-refractivity contribution < 1.29 is 9.47 Å². The Bertz CT molecular complexity index is 735. The molecular weight excluding hydrogens is 332 g/mol. The van der Waals surface area contributed by atoms with Crippen LogP contribution < -0.4 is 0 Å². The molecule has 0 fully saturated rings. The Balaban J connectivity index is 2.48. The van der Waals surface area contributed by atoms with Gasteiger partial charge in [0.15, 0.2) is 0 Å². The smallest absolute Gasteiger partial charge is 0.0722 e. The zero-order chi connectivity index (χ0) is 20.1. The first-order valence-corrected chi connectivity index (χ1v) is 10.1. The minimum absolute atomic E-state index is 0.699. The molecule has 0 unspecified atom stereocenters. The molecule has 148 valence electrons. The lowest BCUT2D eigenvalue weighted by Gasteiger charge is -2.20.